The minimum atomic E-state index is -0.480. The van der Waals surface area contributed by atoms with Crippen molar-refractivity contribution in [3.8, 4) is 10.6 Å². The molecule has 0 fully saturated rings. The lowest BCUT2D eigenvalue weighted by Crippen LogP contribution is -2.07. The van der Waals surface area contributed by atoms with Crippen LogP contribution in [-0.2, 0) is 11.3 Å². The Morgan fingerprint density at radius 3 is 2.86 bits per heavy atom. The van der Waals surface area contributed by atoms with Crippen LogP contribution in [0.2, 0.25) is 0 Å². The van der Waals surface area contributed by atoms with Gasteiger partial charge in [0.15, 0.2) is 5.76 Å². The van der Waals surface area contributed by atoms with Crippen LogP contribution in [0.1, 0.15) is 27.5 Å². The van der Waals surface area contributed by atoms with Crippen LogP contribution in [0.3, 0.4) is 0 Å². The number of rotatable bonds is 4. The molecule has 0 amide bonds. The summed E-state index contributed by atoms with van der Waals surface area (Å²) in [5.74, 6) is 0.622. The standard InChI is InChI=1S/C14H12N2O4S/c1-8-13(9(2)19-15-8)14(17)18-7-10-6-11(20-16-10)12-4-3-5-21-12/h3-6H,7H2,1-2H3. The molecule has 0 saturated carbocycles. The molecule has 21 heavy (non-hydrogen) atoms. The van der Waals surface area contributed by atoms with Crippen LogP contribution >= 0.6 is 11.3 Å². The smallest absolute Gasteiger partial charge is 0.344 e. The van der Waals surface area contributed by atoms with Gasteiger partial charge in [-0.15, -0.1) is 11.3 Å². The highest BCUT2D eigenvalue weighted by molar-refractivity contribution is 7.13. The maximum absolute atomic E-state index is 12.0. The summed E-state index contributed by atoms with van der Waals surface area (Å²) in [4.78, 5) is 13.0. The first-order valence-electron chi connectivity index (χ1n) is 6.24. The molecule has 3 aromatic heterocycles. The van der Waals surface area contributed by atoms with Gasteiger partial charge in [-0.3, -0.25) is 0 Å². The van der Waals surface area contributed by atoms with E-state index in [1.165, 1.54) is 0 Å². The molecule has 0 aliphatic carbocycles. The van der Waals surface area contributed by atoms with Crippen molar-refractivity contribution in [1.82, 2.24) is 10.3 Å². The number of carbonyl (C=O) groups excluding carboxylic acids is 1. The molecule has 3 heterocycles. The van der Waals surface area contributed by atoms with Crippen LogP contribution in [0.4, 0.5) is 0 Å². The predicted molar refractivity (Wildman–Crippen MR) is 74.9 cm³/mol. The fourth-order valence-electron chi connectivity index (χ4n) is 1.90. The number of esters is 1. The number of aromatic nitrogens is 2. The minimum Gasteiger partial charge on any atom is -0.455 e. The van der Waals surface area contributed by atoms with Gasteiger partial charge in [0.25, 0.3) is 0 Å². The Labute approximate surface area is 124 Å². The molecule has 108 valence electrons. The van der Waals surface area contributed by atoms with E-state index in [-0.39, 0.29) is 6.61 Å². The zero-order valence-electron chi connectivity index (χ0n) is 11.5. The third-order valence-electron chi connectivity index (χ3n) is 2.91. The van der Waals surface area contributed by atoms with Crippen LogP contribution in [0, 0.1) is 13.8 Å². The van der Waals surface area contributed by atoms with Crippen molar-refractivity contribution >= 4 is 17.3 Å². The van der Waals surface area contributed by atoms with Crippen molar-refractivity contribution in [3.63, 3.8) is 0 Å². The fraction of sp³-hybridized carbons (Fsp3) is 0.214. The molecule has 0 spiro atoms. The Hall–Kier alpha value is -2.41. The summed E-state index contributed by atoms with van der Waals surface area (Å²) < 4.78 is 15.4. The van der Waals surface area contributed by atoms with Crippen molar-refractivity contribution < 1.29 is 18.6 Å². The van der Waals surface area contributed by atoms with Gasteiger partial charge in [0.1, 0.15) is 23.6 Å². The van der Waals surface area contributed by atoms with E-state index in [0.717, 1.165) is 4.88 Å². The van der Waals surface area contributed by atoms with E-state index in [4.69, 9.17) is 13.8 Å². The molecule has 0 aromatic carbocycles. The summed E-state index contributed by atoms with van der Waals surface area (Å²) in [7, 11) is 0. The highest BCUT2D eigenvalue weighted by Crippen LogP contribution is 2.25. The van der Waals surface area contributed by atoms with Crippen molar-refractivity contribution in [3.05, 3.63) is 46.3 Å². The molecule has 0 unspecified atom stereocenters. The van der Waals surface area contributed by atoms with Gasteiger partial charge < -0.3 is 13.8 Å². The van der Waals surface area contributed by atoms with Crippen LogP contribution in [0.15, 0.2) is 32.6 Å². The molecule has 0 radical (unpaired) electrons. The average Bonchev–Trinajstić information content (AvgIpc) is 3.17. The molecule has 0 atom stereocenters. The second-order valence-corrected chi connectivity index (χ2v) is 5.38. The van der Waals surface area contributed by atoms with E-state index in [1.54, 1.807) is 31.3 Å². The summed E-state index contributed by atoms with van der Waals surface area (Å²) in [6.45, 7) is 3.40. The molecular formula is C14H12N2O4S. The SMILES string of the molecule is Cc1noc(C)c1C(=O)OCc1cc(-c2cccs2)on1. The van der Waals surface area contributed by atoms with Gasteiger partial charge in [-0.05, 0) is 25.3 Å². The van der Waals surface area contributed by atoms with E-state index in [0.29, 0.717) is 28.5 Å². The topological polar surface area (TPSA) is 78.4 Å². The number of ether oxygens (including phenoxy) is 1. The second-order valence-electron chi connectivity index (χ2n) is 4.44. The molecule has 0 N–H and O–H groups in total. The van der Waals surface area contributed by atoms with Gasteiger partial charge >= 0.3 is 5.97 Å². The first-order valence-corrected chi connectivity index (χ1v) is 7.12. The van der Waals surface area contributed by atoms with Gasteiger partial charge in [-0.1, -0.05) is 16.4 Å². The third kappa shape index (κ3) is 2.73. The molecule has 0 saturated heterocycles. The van der Waals surface area contributed by atoms with Crippen LogP contribution in [0.5, 0.6) is 0 Å². The number of hydrogen-bond acceptors (Lipinski definition) is 7. The van der Waals surface area contributed by atoms with Gasteiger partial charge in [-0.25, -0.2) is 4.79 Å². The van der Waals surface area contributed by atoms with Gasteiger partial charge in [-0.2, -0.15) is 0 Å². The average molecular weight is 304 g/mol. The molecular weight excluding hydrogens is 292 g/mol. The lowest BCUT2D eigenvalue weighted by molar-refractivity contribution is 0.0461. The molecule has 3 rings (SSSR count). The number of carbonyl (C=O) groups is 1. The van der Waals surface area contributed by atoms with E-state index >= 15 is 0 Å². The highest BCUT2D eigenvalue weighted by Gasteiger charge is 2.19. The number of nitrogens with zero attached hydrogens (tertiary/aromatic N) is 2. The Morgan fingerprint density at radius 1 is 1.33 bits per heavy atom. The number of aryl methyl sites for hydroxylation is 2. The van der Waals surface area contributed by atoms with E-state index in [2.05, 4.69) is 10.3 Å². The highest BCUT2D eigenvalue weighted by atomic mass is 32.1. The number of thiophene rings is 1. The largest absolute Gasteiger partial charge is 0.455 e. The molecule has 6 nitrogen and oxygen atoms in total. The maximum atomic E-state index is 12.0. The normalized spacial score (nSPS) is 10.8. The van der Waals surface area contributed by atoms with Crippen molar-refractivity contribution in [2.45, 2.75) is 20.5 Å². The van der Waals surface area contributed by atoms with Crippen molar-refractivity contribution in [2.75, 3.05) is 0 Å². The lowest BCUT2D eigenvalue weighted by Gasteiger charge is -2.00. The molecule has 0 aliphatic heterocycles. The van der Waals surface area contributed by atoms with Gasteiger partial charge in [0.05, 0.1) is 10.6 Å². The molecule has 0 aliphatic rings. The monoisotopic (exact) mass is 304 g/mol. The summed E-state index contributed by atoms with van der Waals surface area (Å²) in [6, 6.07) is 5.62. The zero-order valence-corrected chi connectivity index (χ0v) is 12.3. The lowest BCUT2D eigenvalue weighted by atomic mass is 10.2. The van der Waals surface area contributed by atoms with E-state index in [1.807, 2.05) is 17.5 Å². The van der Waals surface area contributed by atoms with Gasteiger partial charge in [0, 0.05) is 6.07 Å². The Kier molecular flexibility index (Phi) is 3.57. The molecule has 0 bridgehead atoms. The quantitative estimate of drug-likeness (QED) is 0.688. The fourth-order valence-corrected chi connectivity index (χ4v) is 2.57. The van der Waals surface area contributed by atoms with E-state index in [9.17, 15) is 4.79 Å². The Morgan fingerprint density at radius 2 is 2.19 bits per heavy atom. The van der Waals surface area contributed by atoms with Crippen LogP contribution < -0.4 is 0 Å². The third-order valence-corrected chi connectivity index (χ3v) is 3.80. The maximum Gasteiger partial charge on any atom is 0.344 e. The van der Waals surface area contributed by atoms with Crippen molar-refractivity contribution in [2.24, 2.45) is 0 Å². The molecule has 7 heteroatoms. The van der Waals surface area contributed by atoms with Gasteiger partial charge in [0.2, 0.25) is 0 Å². The summed E-state index contributed by atoms with van der Waals surface area (Å²) in [6.07, 6.45) is 0. The Balaban J connectivity index is 1.67. The molecule has 3 aromatic rings. The summed E-state index contributed by atoms with van der Waals surface area (Å²) >= 11 is 1.55. The first-order chi connectivity index (χ1) is 10.1. The Bertz CT molecular complexity index is 738. The van der Waals surface area contributed by atoms with Crippen molar-refractivity contribution in [1.29, 1.82) is 0 Å². The zero-order chi connectivity index (χ0) is 14.8. The second kappa shape index (κ2) is 5.53. The van der Waals surface area contributed by atoms with Crippen LogP contribution in [0.25, 0.3) is 10.6 Å². The van der Waals surface area contributed by atoms with E-state index < -0.39 is 5.97 Å². The summed E-state index contributed by atoms with van der Waals surface area (Å²) in [5.41, 5.74) is 1.42. The summed E-state index contributed by atoms with van der Waals surface area (Å²) in [5, 5.41) is 9.56. The first kappa shape index (κ1) is 13.6. The number of hydrogen-bond donors (Lipinski definition) is 0. The minimum absolute atomic E-state index is 0.0395. The van der Waals surface area contributed by atoms with Crippen LogP contribution in [-0.4, -0.2) is 16.3 Å². The predicted octanol–water partition coefficient (Wildman–Crippen LogP) is 3.36.